The molecule has 0 bridgehead atoms. The summed E-state index contributed by atoms with van der Waals surface area (Å²) in [4.78, 5) is 36.4. The summed E-state index contributed by atoms with van der Waals surface area (Å²) in [5, 5.41) is 0. The van der Waals surface area contributed by atoms with E-state index in [9.17, 15) is 18.8 Å². The first-order chi connectivity index (χ1) is 16.8. The quantitative estimate of drug-likeness (QED) is 0.186. The van der Waals surface area contributed by atoms with E-state index in [-0.39, 0.29) is 29.6 Å². The molecule has 0 amide bonds. The van der Waals surface area contributed by atoms with Crippen LogP contribution in [0.15, 0.2) is 42.5 Å². The maximum atomic E-state index is 14.4. The van der Waals surface area contributed by atoms with Crippen molar-refractivity contribution in [1.82, 2.24) is 0 Å². The highest BCUT2D eigenvalue weighted by molar-refractivity contribution is 5.92. The van der Waals surface area contributed by atoms with Crippen molar-refractivity contribution in [3.05, 3.63) is 59.4 Å². The number of hydrogen-bond donors (Lipinski definition) is 0. The molecule has 0 heterocycles. The Hall–Kier alpha value is -3.26. The van der Waals surface area contributed by atoms with Gasteiger partial charge in [-0.05, 0) is 62.6 Å². The highest BCUT2D eigenvalue weighted by Crippen LogP contribution is 2.21. The Morgan fingerprint density at radius 1 is 0.886 bits per heavy atom. The largest absolute Gasteiger partial charge is 0.459 e. The van der Waals surface area contributed by atoms with E-state index in [1.165, 1.54) is 43.5 Å². The third-order valence-electron chi connectivity index (χ3n) is 5.19. The second-order valence-electron chi connectivity index (χ2n) is 8.19. The maximum absolute atomic E-state index is 14.4. The van der Waals surface area contributed by atoms with Crippen molar-refractivity contribution in [2.45, 2.75) is 64.9 Å². The predicted molar refractivity (Wildman–Crippen MR) is 128 cm³/mol. The summed E-state index contributed by atoms with van der Waals surface area (Å²) in [5.41, 5.74) is 0.0117. The Morgan fingerprint density at radius 3 is 2.26 bits per heavy atom. The Balaban J connectivity index is 1.89. The van der Waals surface area contributed by atoms with Gasteiger partial charge < -0.3 is 18.9 Å². The first-order valence-electron chi connectivity index (χ1n) is 11.9. The fraction of sp³-hybridized carbons (Fsp3) is 0.444. The van der Waals surface area contributed by atoms with E-state index in [1.807, 2.05) is 6.92 Å². The fourth-order valence-electron chi connectivity index (χ4n) is 3.26. The van der Waals surface area contributed by atoms with Crippen LogP contribution in [-0.4, -0.2) is 37.7 Å². The fourth-order valence-corrected chi connectivity index (χ4v) is 3.26. The van der Waals surface area contributed by atoms with Gasteiger partial charge in [0, 0.05) is 26.2 Å². The standard InChI is InChI=1S/C27H33FO7/c1-4-5-6-7-9-19(2)33-26(30)20-11-13-21(14-12-20)35-27(31)23-16-15-22(18-24(23)28)34-25(29)10-8-17-32-3/h11-16,18-19H,4-10,17H2,1-3H3/t19-/m1/s1. The minimum atomic E-state index is -0.920. The summed E-state index contributed by atoms with van der Waals surface area (Å²) in [6.45, 7) is 4.42. The lowest BCUT2D eigenvalue weighted by molar-refractivity contribution is -0.134. The van der Waals surface area contributed by atoms with Crippen LogP contribution in [0.4, 0.5) is 4.39 Å². The topological polar surface area (TPSA) is 88.1 Å². The van der Waals surface area contributed by atoms with Gasteiger partial charge in [-0.1, -0.05) is 26.2 Å². The number of methoxy groups -OCH3 is 1. The minimum Gasteiger partial charge on any atom is -0.459 e. The summed E-state index contributed by atoms with van der Waals surface area (Å²) in [5.74, 6) is -2.65. The number of carbonyl (C=O) groups is 3. The lowest BCUT2D eigenvalue weighted by Crippen LogP contribution is -2.15. The van der Waals surface area contributed by atoms with Gasteiger partial charge in [0.25, 0.3) is 0 Å². The van der Waals surface area contributed by atoms with Gasteiger partial charge in [0.2, 0.25) is 0 Å². The third-order valence-corrected chi connectivity index (χ3v) is 5.19. The van der Waals surface area contributed by atoms with E-state index in [4.69, 9.17) is 18.9 Å². The average Bonchev–Trinajstić information content (AvgIpc) is 2.82. The zero-order valence-corrected chi connectivity index (χ0v) is 20.5. The Labute approximate surface area is 205 Å². The van der Waals surface area contributed by atoms with Crippen LogP contribution in [0.2, 0.25) is 0 Å². The van der Waals surface area contributed by atoms with E-state index in [1.54, 1.807) is 0 Å². The van der Waals surface area contributed by atoms with Crippen molar-refractivity contribution in [2.24, 2.45) is 0 Å². The van der Waals surface area contributed by atoms with Crippen LogP contribution in [-0.2, 0) is 14.3 Å². The molecule has 1 atom stereocenters. The van der Waals surface area contributed by atoms with Gasteiger partial charge in [0.1, 0.15) is 17.3 Å². The molecular formula is C27H33FO7. The molecule has 2 aromatic rings. The molecule has 8 heteroatoms. The maximum Gasteiger partial charge on any atom is 0.346 e. The van der Waals surface area contributed by atoms with Gasteiger partial charge in [0.05, 0.1) is 17.2 Å². The number of carbonyl (C=O) groups excluding carboxylic acids is 3. The molecule has 0 saturated heterocycles. The molecule has 35 heavy (non-hydrogen) atoms. The van der Waals surface area contributed by atoms with Gasteiger partial charge in [-0.15, -0.1) is 0 Å². The van der Waals surface area contributed by atoms with Crippen molar-refractivity contribution in [2.75, 3.05) is 13.7 Å². The van der Waals surface area contributed by atoms with E-state index >= 15 is 0 Å². The normalized spacial score (nSPS) is 11.5. The van der Waals surface area contributed by atoms with Crippen LogP contribution in [0.1, 0.15) is 79.5 Å². The summed E-state index contributed by atoms with van der Waals surface area (Å²) in [6.07, 6.45) is 5.66. The molecule has 0 radical (unpaired) electrons. The van der Waals surface area contributed by atoms with Crippen LogP contribution in [0.3, 0.4) is 0 Å². The number of unbranched alkanes of at least 4 members (excludes halogenated alkanes) is 3. The summed E-state index contributed by atoms with van der Waals surface area (Å²) >= 11 is 0. The molecule has 2 rings (SSSR count). The van der Waals surface area contributed by atoms with Crippen molar-refractivity contribution >= 4 is 17.9 Å². The summed E-state index contributed by atoms with van der Waals surface area (Å²) in [6, 6.07) is 9.30. The van der Waals surface area contributed by atoms with Crippen molar-refractivity contribution < 1.29 is 37.7 Å². The zero-order valence-electron chi connectivity index (χ0n) is 20.5. The van der Waals surface area contributed by atoms with Crippen molar-refractivity contribution in [1.29, 1.82) is 0 Å². The highest BCUT2D eigenvalue weighted by atomic mass is 19.1. The number of esters is 3. The van der Waals surface area contributed by atoms with Gasteiger partial charge in [-0.2, -0.15) is 0 Å². The van der Waals surface area contributed by atoms with Crippen molar-refractivity contribution in [3.8, 4) is 11.5 Å². The number of hydrogen-bond acceptors (Lipinski definition) is 7. The van der Waals surface area contributed by atoms with Crippen LogP contribution in [0.5, 0.6) is 11.5 Å². The molecule has 0 aliphatic carbocycles. The van der Waals surface area contributed by atoms with E-state index in [0.717, 1.165) is 38.2 Å². The molecule has 0 aromatic heterocycles. The lowest BCUT2D eigenvalue weighted by Gasteiger charge is -2.13. The second-order valence-corrected chi connectivity index (χ2v) is 8.19. The van der Waals surface area contributed by atoms with Gasteiger partial charge in [-0.3, -0.25) is 4.79 Å². The van der Waals surface area contributed by atoms with Gasteiger partial charge >= 0.3 is 17.9 Å². The van der Waals surface area contributed by atoms with E-state index in [2.05, 4.69) is 6.92 Å². The Kier molecular flexibility index (Phi) is 11.9. The van der Waals surface area contributed by atoms with Crippen LogP contribution in [0, 0.1) is 5.82 Å². The molecule has 0 aliphatic rings. The number of rotatable bonds is 14. The third kappa shape index (κ3) is 9.86. The molecule has 0 spiro atoms. The molecule has 0 fully saturated rings. The minimum absolute atomic E-state index is 0.0103. The monoisotopic (exact) mass is 488 g/mol. The molecular weight excluding hydrogens is 455 g/mol. The second kappa shape index (κ2) is 14.9. The number of benzene rings is 2. The number of halogens is 1. The summed E-state index contributed by atoms with van der Waals surface area (Å²) in [7, 11) is 1.53. The first kappa shape index (κ1) is 28.0. The van der Waals surface area contributed by atoms with Crippen LogP contribution >= 0.6 is 0 Å². The Bertz CT molecular complexity index is 972. The smallest absolute Gasteiger partial charge is 0.346 e. The summed E-state index contributed by atoms with van der Waals surface area (Å²) < 4.78 is 35.0. The number of ether oxygens (including phenoxy) is 4. The zero-order chi connectivity index (χ0) is 25.6. The highest BCUT2D eigenvalue weighted by Gasteiger charge is 2.17. The van der Waals surface area contributed by atoms with Crippen LogP contribution < -0.4 is 9.47 Å². The molecule has 0 saturated carbocycles. The Morgan fingerprint density at radius 2 is 1.60 bits per heavy atom. The van der Waals surface area contributed by atoms with Crippen LogP contribution in [0.25, 0.3) is 0 Å². The van der Waals surface area contributed by atoms with E-state index in [0.29, 0.717) is 18.6 Å². The molecule has 7 nitrogen and oxygen atoms in total. The molecule has 0 unspecified atom stereocenters. The first-order valence-corrected chi connectivity index (χ1v) is 11.9. The SMILES string of the molecule is CCCCCC[C@@H](C)OC(=O)c1ccc(OC(=O)c2ccc(OC(=O)CCCOC)cc2F)cc1. The van der Waals surface area contributed by atoms with E-state index < -0.39 is 23.7 Å². The molecule has 0 aliphatic heterocycles. The average molecular weight is 489 g/mol. The van der Waals surface area contributed by atoms with Gasteiger partial charge in [-0.25, -0.2) is 14.0 Å². The van der Waals surface area contributed by atoms with Gasteiger partial charge in [0.15, 0.2) is 0 Å². The molecule has 190 valence electrons. The predicted octanol–water partition coefficient (Wildman–Crippen LogP) is 5.89. The molecule has 2 aromatic carbocycles. The lowest BCUT2D eigenvalue weighted by atomic mass is 10.1. The molecule has 0 N–H and O–H groups in total. The van der Waals surface area contributed by atoms with Crippen molar-refractivity contribution in [3.63, 3.8) is 0 Å².